The van der Waals surface area contributed by atoms with Gasteiger partial charge in [0.15, 0.2) is 5.65 Å². The molecule has 8 heteroatoms. The summed E-state index contributed by atoms with van der Waals surface area (Å²) in [5.74, 6) is 0.762. The number of benzene rings is 2. The molecular weight excluding hydrogens is 446 g/mol. The molecule has 34 heavy (non-hydrogen) atoms. The number of nitrogens with one attached hydrogen (secondary N) is 2. The number of halogens is 1. The average Bonchev–Trinajstić information content (AvgIpc) is 3.35. The molecule has 4 heterocycles. The molecule has 7 nitrogen and oxygen atoms in total. The summed E-state index contributed by atoms with van der Waals surface area (Å²) in [7, 11) is 0. The van der Waals surface area contributed by atoms with Gasteiger partial charge < -0.3 is 5.32 Å². The van der Waals surface area contributed by atoms with Crippen LogP contribution in [0.2, 0.25) is 5.02 Å². The van der Waals surface area contributed by atoms with Crippen molar-refractivity contribution in [2.24, 2.45) is 0 Å². The van der Waals surface area contributed by atoms with Crippen molar-refractivity contribution in [1.29, 1.82) is 0 Å². The van der Waals surface area contributed by atoms with Gasteiger partial charge in [-0.05, 0) is 60.3 Å². The van der Waals surface area contributed by atoms with Crippen LogP contribution in [0, 0.1) is 6.92 Å². The van der Waals surface area contributed by atoms with Gasteiger partial charge in [0.25, 0.3) is 0 Å². The van der Waals surface area contributed by atoms with E-state index in [4.69, 9.17) is 16.6 Å². The van der Waals surface area contributed by atoms with Gasteiger partial charge in [0.1, 0.15) is 12.1 Å². The van der Waals surface area contributed by atoms with Crippen molar-refractivity contribution in [2.75, 3.05) is 5.32 Å². The monoisotopic (exact) mass is 463 g/mol. The second-order valence-electron chi connectivity index (χ2n) is 7.90. The molecule has 0 saturated heterocycles. The first-order chi connectivity index (χ1) is 16.7. The highest BCUT2D eigenvalue weighted by molar-refractivity contribution is 6.30. The third kappa shape index (κ3) is 3.43. The molecule has 6 aromatic rings. The van der Waals surface area contributed by atoms with Crippen LogP contribution in [-0.2, 0) is 0 Å². The molecule has 0 unspecified atom stereocenters. The number of anilines is 2. The Morgan fingerprint density at radius 3 is 2.56 bits per heavy atom. The van der Waals surface area contributed by atoms with Crippen LogP contribution in [0.1, 0.15) is 5.56 Å². The molecular formula is C26H18ClN7. The van der Waals surface area contributed by atoms with Crippen molar-refractivity contribution in [3.05, 3.63) is 90.1 Å². The van der Waals surface area contributed by atoms with Crippen molar-refractivity contribution in [3.63, 3.8) is 0 Å². The lowest BCUT2D eigenvalue weighted by Gasteiger charge is -2.16. The average molecular weight is 464 g/mol. The second kappa shape index (κ2) is 8.20. The fourth-order valence-electron chi connectivity index (χ4n) is 4.22. The highest BCUT2D eigenvalue weighted by atomic mass is 35.5. The number of rotatable bonds is 4. The summed E-state index contributed by atoms with van der Waals surface area (Å²) >= 11 is 6.04. The van der Waals surface area contributed by atoms with Crippen LogP contribution < -0.4 is 5.32 Å². The molecule has 0 atom stereocenters. The standard InChI is InChI=1S/C26H18ClN7/c1-15-4-9-19-18(10-12-29-25(19)33-17-7-5-16(27)6-8-17)22(15)24-20(3-2-11-28-24)23-21-13-32-34-26(21)31-14-30-23/h2-14H,1H3,(H,29,33)(H,30,31,32,34). The van der Waals surface area contributed by atoms with E-state index in [1.165, 1.54) is 0 Å². The fraction of sp³-hybridized carbons (Fsp3) is 0.0385. The number of aromatic nitrogens is 6. The number of aryl methyl sites for hydroxylation is 1. The van der Waals surface area contributed by atoms with E-state index in [2.05, 4.69) is 49.5 Å². The molecule has 0 aliphatic heterocycles. The molecule has 0 bridgehead atoms. The summed E-state index contributed by atoms with van der Waals surface area (Å²) in [5.41, 5.74) is 6.28. The van der Waals surface area contributed by atoms with E-state index in [0.717, 1.165) is 55.7 Å². The SMILES string of the molecule is Cc1ccc2c(Nc3ccc(Cl)cc3)nccc2c1-c1ncccc1-c1ncnc2[nH]ncc12. The number of hydrogen-bond acceptors (Lipinski definition) is 6. The Kier molecular flexibility index (Phi) is 4.89. The van der Waals surface area contributed by atoms with Gasteiger partial charge in [-0.2, -0.15) is 5.10 Å². The summed E-state index contributed by atoms with van der Waals surface area (Å²) in [6.07, 6.45) is 6.90. The summed E-state index contributed by atoms with van der Waals surface area (Å²) in [4.78, 5) is 18.3. The largest absolute Gasteiger partial charge is 0.340 e. The minimum atomic E-state index is 0.688. The van der Waals surface area contributed by atoms with Gasteiger partial charge in [-0.3, -0.25) is 10.1 Å². The molecule has 164 valence electrons. The maximum Gasteiger partial charge on any atom is 0.159 e. The molecule has 0 aliphatic rings. The Labute approximate surface area is 199 Å². The van der Waals surface area contributed by atoms with E-state index in [9.17, 15) is 0 Å². The van der Waals surface area contributed by atoms with Gasteiger partial charge in [0.2, 0.25) is 0 Å². The van der Waals surface area contributed by atoms with Crippen molar-refractivity contribution in [2.45, 2.75) is 6.92 Å². The fourth-order valence-corrected chi connectivity index (χ4v) is 4.35. The van der Waals surface area contributed by atoms with Crippen LogP contribution >= 0.6 is 11.6 Å². The Balaban J connectivity index is 1.56. The van der Waals surface area contributed by atoms with Crippen molar-refractivity contribution < 1.29 is 0 Å². The minimum Gasteiger partial charge on any atom is -0.340 e. The first kappa shape index (κ1) is 20.3. The molecule has 6 rings (SSSR count). The predicted molar refractivity (Wildman–Crippen MR) is 135 cm³/mol. The second-order valence-corrected chi connectivity index (χ2v) is 8.33. The maximum absolute atomic E-state index is 6.04. The lowest BCUT2D eigenvalue weighted by molar-refractivity contribution is 1.09. The van der Waals surface area contributed by atoms with Crippen LogP contribution in [-0.4, -0.2) is 30.1 Å². The van der Waals surface area contributed by atoms with Crippen molar-refractivity contribution >= 4 is 44.9 Å². The van der Waals surface area contributed by atoms with Crippen LogP contribution in [0.3, 0.4) is 0 Å². The number of aromatic amines is 1. The highest BCUT2D eigenvalue weighted by Crippen LogP contribution is 2.39. The van der Waals surface area contributed by atoms with Gasteiger partial charge in [-0.15, -0.1) is 0 Å². The van der Waals surface area contributed by atoms with E-state index < -0.39 is 0 Å². The van der Waals surface area contributed by atoms with Crippen molar-refractivity contribution in [1.82, 2.24) is 30.1 Å². The summed E-state index contributed by atoms with van der Waals surface area (Å²) in [5, 5.41) is 14.0. The van der Waals surface area contributed by atoms with E-state index in [1.807, 2.05) is 48.7 Å². The smallest absolute Gasteiger partial charge is 0.159 e. The van der Waals surface area contributed by atoms with Crippen LogP contribution in [0.15, 0.2) is 79.5 Å². The molecule has 0 spiro atoms. The van der Waals surface area contributed by atoms with Gasteiger partial charge >= 0.3 is 0 Å². The third-order valence-corrected chi connectivity index (χ3v) is 6.06. The maximum atomic E-state index is 6.04. The zero-order chi connectivity index (χ0) is 23.1. The van der Waals surface area contributed by atoms with E-state index in [1.54, 1.807) is 18.7 Å². The minimum absolute atomic E-state index is 0.688. The van der Waals surface area contributed by atoms with Gasteiger partial charge in [-0.1, -0.05) is 23.7 Å². The quantitative estimate of drug-likeness (QED) is 0.317. The normalized spacial score (nSPS) is 11.2. The molecule has 4 aromatic heterocycles. The molecule has 0 aliphatic carbocycles. The number of H-pyrrole nitrogens is 1. The molecule has 0 fully saturated rings. The van der Waals surface area contributed by atoms with Gasteiger partial charge in [0.05, 0.1) is 23.0 Å². The number of fused-ring (bicyclic) bond motifs is 2. The topological polar surface area (TPSA) is 92.3 Å². The lowest BCUT2D eigenvalue weighted by atomic mass is 9.93. The van der Waals surface area contributed by atoms with Gasteiger partial charge in [0, 0.05) is 39.6 Å². The number of pyridine rings is 2. The summed E-state index contributed by atoms with van der Waals surface area (Å²) in [6, 6.07) is 17.7. The summed E-state index contributed by atoms with van der Waals surface area (Å²) in [6.45, 7) is 2.09. The van der Waals surface area contributed by atoms with E-state index in [-0.39, 0.29) is 0 Å². The van der Waals surface area contributed by atoms with Crippen molar-refractivity contribution in [3.8, 4) is 22.5 Å². The first-order valence-electron chi connectivity index (χ1n) is 10.7. The zero-order valence-electron chi connectivity index (χ0n) is 18.1. The molecule has 0 saturated carbocycles. The highest BCUT2D eigenvalue weighted by Gasteiger charge is 2.18. The van der Waals surface area contributed by atoms with E-state index in [0.29, 0.717) is 10.7 Å². The lowest BCUT2D eigenvalue weighted by Crippen LogP contribution is -1.98. The van der Waals surface area contributed by atoms with Crippen LogP contribution in [0.25, 0.3) is 44.3 Å². The molecule has 2 N–H and O–H groups in total. The summed E-state index contributed by atoms with van der Waals surface area (Å²) < 4.78 is 0. The number of hydrogen-bond donors (Lipinski definition) is 2. The van der Waals surface area contributed by atoms with E-state index >= 15 is 0 Å². The molecule has 2 aromatic carbocycles. The Morgan fingerprint density at radius 2 is 1.68 bits per heavy atom. The third-order valence-electron chi connectivity index (χ3n) is 5.81. The van der Waals surface area contributed by atoms with Crippen LogP contribution in [0.5, 0.6) is 0 Å². The number of nitrogens with zero attached hydrogens (tertiary/aromatic N) is 5. The zero-order valence-corrected chi connectivity index (χ0v) is 18.9. The Hall–Kier alpha value is -4.36. The Morgan fingerprint density at radius 1 is 0.794 bits per heavy atom. The van der Waals surface area contributed by atoms with Gasteiger partial charge in [-0.25, -0.2) is 15.0 Å². The Bertz CT molecular complexity index is 1660. The predicted octanol–water partition coefficient (Wildman–Crippen LogP) is 6.34. The first-order valence-corrected chi connectivity index (χ1v) is 11.1. The molecule has 0 radical (unpaired) electrons. The molecule has 0 amide bonds. The van der Waals surface area contributed by atoms with Crippen LogP contribution in [0.4, 0.5) is 11.5 Å².